The van der Waals surface area contributed by atoms with Gasteiger partial charge in [-0.15, -0.1) is 0 Å². The molecule has 0 saturated carbocycles. The van der Waals surface area contributed by atoms with Gasteiger partial charge in [-0.25, -0.2) is 4.39 Å². The Labute approximate surface area is 122 Å². The first-order valence-electron chi connectivity index (χ1n) is 6.18. The lowest BCUT2D eigenvalue weighted by atomic mass is 10.1. The van der Waals surface area contributed by atoms with Crippen molar-refractivity contribution in [2.24, 2.45) is 0 Å². The highest BCUT2D eigenvalue weighted by molar-refractivity contribution is 9.08. The van der Waals surface area contributed by atoms with Gasteiger partial charge in [-0.1, -0.05) is 33.6 Å². The smallest absolute Gasteiger partial charge is 0.123 e. The molecule has 0 saturated heterocycles. The Morgan fingerprint density at radius 2 is 1.74 bits per heavy atom. The van der Waals surface area contributed by atoms with Crippen LogP contribution in [-0.4, -0.2) is 7.05 Å². The molecule has 0 N–H and O–H groups in total. The second kappa shape index (κ2) is 5.74. The predicted octanol–water partition coefficient (Wildman–Crippen LogP) is 5.11. The molecule has 19 heavy (non-hydrogen) atoms. The molecule has 100 valence electrons. The van der Waals surface area contributed by atoms with Crippen molar-refractivity contribution in [3.63, 3.8) is 0 Å². The quantitative estimate of drug-likeness (QED) is 0.710. The van der Waals surface area contributed by atoms with E-state index in [0.717, 1.165) is 16.9 Å². The maximum absolute atomic E-state index is 13.3. The number of hydrogen-bond donors (Lipinski definition) is 0. The molecule has 2 rings (SSSR count). The monoisotopic (exact) mass is 321 g/mol. The van der Waals surface area contributed by atoms with E-state index in [1.54, 1.807) is 6.07 Å². The number of anilines is 2. The minimum atomic E-state index is -0.202. The summed E-state index contributed by atoms with van der Waals surface area (Å²) in [6.07, 6.45) is 0. The summed E-state index contributed by atoms with van der Waals surface area (Å²) in [6, 6.07) is 11.3. The van der Waals surface area contributed by atoms with Crippen LogP contribution in [0.5, 0.6) is 0 Å². The molecule has 1 nitrogen and oxygen atoms in total. The molecule has 0 bridgehead atoms. The molecule has 0 aromatic heterocycles. The normalized spacial score (nSPS) is 10.6. The second-order valence-electron chi connectivity index (χ2n) is 4.76. The first kappa shape index (κ1) is 14.1. The average molecular weight is 322 g/mol. The van der Waals surface area contributed by atoms with Gasteiger partial charge in [0.1, 0.15) is 5.82 Å². The third-order valence-corrected chi connectivity index (χ3v) is 3.86. The number of hydrogen-bond acceptors (Lipinski definition) is 1. The minimum Gasteiger partial charge on any atom is -0.344 e. The summed E-state index contributed by atoms with van der Waals surface area (Å²) >= 11 is 3.42. The molecule has 0 fully saturated rings. The summed E-state index contributed by atoms with van der Waals surface area (Å²) in [4.78, 5) is 2.10. The zero-order valence-electron chi connectivity index (χ0n) is 11.4. The summed E-state index contributed by atoms with van der Waals surface area (Å²) in [5.41, 5.74) is 5.56. The Balaban J connectivity index is 2.46. The molecular formula is C16H17BrFN. The highest BCUT2D eigenvalue weighted by Gasteiger charge is 2.11. The lowest BCUT2D eigenvalue weighted by Crippen LogP contribution is -2.13. The van der Waals surface area contributed by atoms with E-state index in [2.05, 4.69) is 52.9 Å². The van der Waals surface area contributed by atoms with E-state index in [1.165, 1.54) is 17.2 Å². The first-order chi connectivity index (χ1) is 9.02. The molecule has 0 aliphatic rings. The fourth-order valence-electron chi connectivity index (χ4n) is 2.30. The zero-order chi connectivity index (χ0) is 14.0. The van der Waals surface area contributed by atoms with Crippen LogP contribution in [0.3, 0.4) is 0 Å². The topological polar surface area (TPSA) is 3.24 Å². The molecule has 0 radical (unpaired) electrons. The van der Waals surface area contributed by atoms with Gasteiger partial charge >= 0.3 is 0 Å². The van der Waals surface area contributed by atoms with E-state index < -0.39 is 0 Å². The number of halogens is 2. The maximum atomic E-state index is 13.3. The molecule has 0 unspecified atom stereocenters. The summed E-state index contributed by atoms with van der Waals surface area (Å²) in [6.45, 7) is 4.18. The number of alkyl halides is 1. The third-order valence-electron chi connectivity index (χ3n) is 3.26. The number of nitrogens with zero attached hydrogens (tertiary/aromatic N) is 1. The predicted molar refractivity (Wildman–Crippen MR) is 83.0 cm³/mol. The SMILES string of the molecule is Cc1ccc(N(C)c2ccc(F)cc2CBr)c(C)c1. The van der Waals surface area contributed by atoms with Gasteiger partial charge in [-0.3, -0.25) is 0 Å². The lowest BCUT2D eigenvalue weighted by molar-refractivity contribution is 0.626. The van der Waals surface area contributed by atoms with Crippen molar-refractivity contribution >= 4 is 27.3 Å². The van der Waals surface area contributed by atoms with Crippen molar-refractivity contribution < 1.29 is 4.39 Å². The molecule has 0 aliphatic heterocycles. The van der Waals surface area contributed by atoms with Gasteiger partial charge in [0.2, 0.25) is 0 Å². The van der Waals surface area contributed by atoms with Crippen LogP contribution in [0, 0.1) is 19.7 Å². The van der Waals surface area contributed by atoms with Crippen LogP contribution in [0.1, 0.15) is 16.7 Å². The molecule has 2 aromatic carbocycles. The van der Waals surface area contributed by atoms with Gasteiger partial charge in [0, 0.05) is 23.8 Å². The van der Waals surface area contributed by atoms with E-state index in [9.17, 15) is 4.39 Å². The van der Waals surface area contributed by atoms with Crippen LogP contribution < -0.4 is 4.90 Å². The van der Waals surface area contributed by atoms with Gasteiger partial charge in [-0.2, -0.15) is 0 Å². The molecular weight excluding hydrogens is 305 g/mol. The van der Waals surface area contributed by atoms with Crippen LogP contribution in [0.2, 0.25) is 0 Å². The Bertz CT molecular complexity index is 595. The van der Waals surface area contributed by atoms with E-state index in [-0.39, 0.29) is 5.82 Å². The summed E-state index contributed by atoms with van der Waals surface area (Å²) < 4.78 is 13.3. The van der Waals surface area contributed by atoms with E-state index >= 15 is 0 Å². The van der Waals surface area contributed by atoms with Crippen molar-refractivity contribution in [1.29, 1.82) is 0 Å². The fraction of sp³-hybridized carbons (Fsp3) is 0.250. The van der Waals surface area contributed by atoms with E-state index in [4.69, 9.17) is 0 Å². The van der Waals surface area contributed by atoms with Gasteiger partial charge < -0.3 is 4.90 Å². The largest absolute Gasteiger partial charge is 0.344 e. The van der Waals surface area contributed by atoms with Crippen LogP contribution >= 0.6 is 15.9 Å². The van der Waals surface area contributed by atoms with Crippen LogP contribution in [0.15, 0.2) is 36.4 Å². The summed E-state index contributed by atoms with van der Waals surface area (Å²) in [5, 5.41) is 0.634. The Morgan fingerprint density at radius 3 is 2.37 bits per heavy atom. The molecule has 0 spiro atoms. The number of rotatable bonds is 3. The summed E-state index contributed by atoms with van der Waals surface area (Å²) in [7, 11) is 2.01. The standard InChI is InChI=1S/C16H17BrFN/c1-11-4-6-15(12(2)8-11)19(3)16-7-5-14(18)9-13(16)10-17/h4-9H,10H2,1-3H3. The highest BCUT2D eigenvalue weighted by Crippen LogP contribution is 2.31. The molecule has 0 amide bonds. The lowest BCUT2D eigenvalue weighted by Gasteiger charge is -2.24. The van der Waals surface area contributed by atoms with Crippen LogP contribution in [-0.2, 0) is 5.33 Å². The van der Waals surface area contributed by atoms with Crippen molar-refractivity contribution in [2.75, 3.05) is 11.9 Å². The van der Waals surface area contributed by atoms with E-state index in [1.807, 2.05) is 13.1 Å². The van der Waals surface area contributed by atoms with Gasteiger partial charge in [0.15, 0.2) is 0 Å². The second-order valence-corrected chi connectivity index (χ2v) is 5.32. The third kappa shape index (κ3) is 2.98. The van der Waals surface area contributed by atoms with Gasteiger partial charge in [-0.05, 0) is 49.2 Å². The Kier molecular flexibility index (Phi) is 4.25. The average Bonchev–Trinajstić information content (AvgIpc) is 2.37. The fourth-order valence-corrected chi connectivity index (χ4v) is 2.75. The Hall–Kier alpha value is -1.35. The zero-order valence-corrected chi connectivity index (χ0v) is 13.0. The molecule has 0 heterocycles. The molecule has 2 aromatic rings. The van der Waals surface area contributed by atoms with Crippen molar-refractivity contribution in [2.45, 2.75) is 19.2 Å². The van der Waals surface area contributed by atoms with Gasteiger partial charge in [0.25, 0.3) is 0 Å². The van der Waals surface area contributed by atoms with Crippen LogP contribution in [0.4, 0.5) is 15.8 Å². The van der Waals surface area contributed by atoms with Crippen LogP contribution in [0.25, 0.3) is 0 Å². The highest BCUT2D eigenvalue weighted by atomic mass is 79.9. The van der Waals surface area contributed by atoms with E-state index in [0.29, 0.717) is 5.33 Å². The maximum Gasteiger partial charge on any atom is 0.123 e. The molecule has 0 aliphatic carbocycles. The minimum absolute atomic E-state index is 0.202. The number of benzene rings is 2. The Morgan fingerprint density at radius 1 is 1.05 bits per heavy atom. The summed E-state index contributed by atoms with van der Waals surface area (Å²) in [5.74, 6) is -0.202. The van der Waals surface area contributed by atoms with Crippen molar-refractivity contribution in [1.82, 2.24) is 0 Å². The van der Waals surface area contributed by atoms with Gasteiger partial charge in [0.05, 0.1) is 0 Å². The molecule has 0 atom stereocenters. The number of aryl methyl sites for hydroxylation is 2. The first-order valence-corrected chi connectivity index (χ1v) is 7.30. The molecule has 3 heteroatoms. The van der Waals surface area contributed by atoms with Crippen molar-refractivity contribution in [3.8, 4) is 0 Å². The van der Waals surface area contributed by atoms with Crippen molar-refractivity contribution in [3.05, 3.63) is 58.9 Å².